The molecule has 1 amide bonds. The maximum atomic E-state index is 12.2. The molecule has 1 atom stereocenters. The van der Waals surface area contributed by atoms with Gasteiger partial charge in [0.25, 0.3) is 5.91 Å². The van der Waals surface area contributed by atoms with Crippen molar-refractivity contribution in [2.45, 2.75) is 59.0 Å². The molecule has 1 heterocycles. The lowest BCUT2D eigenvalue weighted by molar-refractivity contribution is -0.158. The van der Waals surface area contributed by atoms with Gasteiger partial charge in [0.1, 0.15) is 0 Å². The molecule has 1 N–H and O–H groups in total. The number of carbonyl (C=O) groups excluding carboxylic acids is 2. The van der Waals surface area contributed by atoms with Gasteiger partial charge >= 0.3 is 5.97 Å². The number of aromatic nitrogens is 2. The molecule has 0 aromatic carbocycles. The maximum Gasteiger partial charge on any atom is 0.309 e. The lowest BCUT2D eigenvalue weighted by Gasteiger charge is -2.22. The molecule has 6 heteroatoms. The van der Waals surface area contributed by atoms with Gasteiger partial charge in [-0.3, -0.25) is 14.3 Å². The topological polar surface area (TPSA) is 73.2 Å². The Morgan fingerprint density at radius 2 is 1.91 bits per heavy atom. The van der Waals surface area contributed by atoms with E-state index >= 15 is 0 Å². The summed E-state index contributed by atoms with van der Waals surface area (Å²) in [6.45, 7) is 5.33. The summed E-state index contributed by atoms with van der Waals surface area (Å²) in [6, 6.07) is 0. The number of aryl methyl sites for hydroxylation is 2. The summed E-state index contributed by atoms with van der Waals surface area (Å²) in [6.07, 6.45) is 4.25. The Morgan fingerprint density at radius 1 is 1.27 bits per heavy atom. The van der Waals surface area contributed by atoms with Crippen LogP contribution in [-0.2, 0) is 21.4 Å². The Morgan fingerprint density at radius 3 is 2.45 bits per heavy atom. The van der Waals surface area contributed by atoms with Crippen molar-refractivity contribution in [1.82, 2.24) is 9.78 Å². The van der Waals surface area contributed by atoms with Crippen LogP contribution in [0.3, 0.4) is 0 Å². The fourth-order valence-electron chi connectivity index (χ4n) is 2.84. The van der Waals surface area contributed by atoms with Crippen molar-refractivity contribution < 1.29 is 14.3 Å². The molecular weight excluding hydrogens is 282 g/mol. The van der Waals surface area contributed by atoms with E-state index in [1.165, 1.54) is 6.42 Å². The highest BCUT2D eigenvalue weighted by atomic mass is 16.5. The van der Waals surface area contributed by atoms with E-state index in [9.17, 15) is 9.59 Å². The highest BCUT2D eigenvalue weighted by Gasteiger charge is 2.27. The zero-order chi connectivity index (χ0) is 16.3. The Labute approximate surface area is 131 Å². The van der Waals surface area contributed by atoms with Crippen LogP contribution in [0.5, 0.6) is 0 Å². The molecule has 122 valence electrons. The Balaban J connectivity index is 1.93. The largest absolute Gasteiger partial charge is 0.452 e. The van der Waals surface area contributed by atoms with Crippen LogP contribution in [0.4, 0.5) is 5.69 Å². The van der Waals surface area contributed by atoms with Crippen LogP contribution in [0, 0.1) is 19.8 Å². The quantitative estimate of drug-likeness (QED) is 0.867. The van der Waals surface area contributed by atoms with E-state index in [1.54, 1.807) is 11.6 Å². The standard InChI is InChI=1S/C16H25N3O3/c1-10-14(11(2)19(4)18-10)17-15(20)12(3)22-16(21)13-8-6-5-7-9-13/h12-13H,5-9H2,1-4H3,(H,17,20)/t12-/m0/s1. The number of carbonyl (C=O) groups is 2. The number of esters is 1. The first-order chi connectivity index (χ1) is 10.4. The van der Waals surface area contributed by atoms with E-state index < -0.39 is 6.10 Å². The molecule has 1 fully saturated rings. The zero-order valence-electron chi connectivity index (χ0n) is 13.8. The van der Waals surface area contributed by atoms with Crippen LogP contribution in [0.25, 0.3) is 0 Å². The van der Waals surface area contributed by atoms with E-state index in [-0.39, 0.29) is 17.8 Å². The van der Waals surface area contributed by atoms with Crippen LogP contribution in [0.2, 0.25) is 0 Å². The van der Waals surface area contributed by atoms with Crippen molar-refractivity contribution in [3.8, 4) is 0 Å². The number of anilines is 1. The SMILES string of the molecule is Cc1nn(C)c(C)c1NC(=O)[C@H](C)OC(=O)C1CCCCC1. The number of hydrogen-bond donors (Lipinski definition) is 1. The fraction of sp³-hybridized carbons (Fsp3) is 0.688. The molecular formula is C16H25N3O3. The van der Waals surface area contributed by atoms with Crippen molar-refractivity contribution in [3.63, 3.8) is 0 Å². The first-order valence-electron chi connectivity index (χ1n) is 7.91. The normalized spacial score (nSPS) is 17.1. The second-order valence-corrected chi connectivity index (χ2v) is 6.07. The molecule has 1 aliphatic rings. The summed E-state index contributed by atoms with van der Waals surface area (Å²) in [4.78, 5) is 24.3. The van der Waals surface area contributed by atoms with Gasteiger partial charge < -0.3 is 10.1 Å². The number of hydrogen-bond acceptors (Lipinski definition) is 4. The van der Waals surface area contributed by atoms with Crippen LogP contribution in [0.1, 0.15) is 50.4 Å². The number of ether oxygens (including phenoxy) is 1. The van der Waals surface area contributed by atoms with Gasteiger partial charge in [-0.25, -0.2) is 0 Å². The van der Waals surface area contributed by atoms with Gasteiger partial charge in [-0.1, -0.05) is 19.3 Å². The summed E-state index contributed by atoms with van der Waals surface area (Å²) < 4.78 is 7.04. The first kappa shape index (κ1) is 16.5. The third kappa shape index (κ3) is 3.67. The zero-order valence-corrected chi connectivity index (χ0v) is 13.8. The summed E-state index contributed by atoms with van der Waals surface area (Å²) in [5.41, 5.74) is 2.31. The smallest absolute Gasteiger partial charge is 0.309 e. The van der Waals surface area contributed by atoms with E-state index in [4.69, 9.17) is 4.74 Å². The Bertz CT molecular complexity index is 559. The molecule has 1 saturated carbocycles. The van der Waals surface area contributed by atoms with E-state index in [0.717, 1.165) is 37.1 Å². The number of amides is 1. The molecule has 2 rings (SSSR count). The van der Waals surface area contributed by atoms with Gasteiger partial charge in [0.2, 0.25) is 0 Å². The van der Waals surface area contributed by atoms with E-state index in [1.807, 2.05) is 20.9 Å². The average molecular weight is 307 g/mol. The fourth-order valence-corrected chi connectivity index (χ4v) is 2.84. The van der Waals surface area contributed by atoms with E-state index in [0.29, 0.717) is 5.69 Å². The molecule has 1 aromatic heterocycles. The first-order valence-corrected chi connectivity index (χ1v) is 7.91. The van der Waals surface area contributed by atoms with Crippen molar-refractivity contribution in [3.05, 3.63) is 11.4 Å². The minimum atomic E-state index is -0.798. The van der Waals surface area contributed by atoms with Gasteiger partial charge in [-0.2, -0.15) is 5.10 Å². The third-order valence-electron chi connectivity index (χ3n) is 4.36. The highest BCUT2D eigenvalue weighted by Crippen LogP contribution is 2.25. The van der Waals surface area contributed by atoms with Crippen LogP contribution < -0.4 is 5.32 Å². The molecule has 6 nitrogen and oxygen atoms in total. The summed E-state index contributed by atoms with van der Waals surface area (Å²) in [5, 5.41) is 7.06. The number of rotatable bonds is 4. The lowest BCUT2D eigenvalue weighted by atomic mass is 9.89. The lowest BCUT2D eigenvalue weighted by Crippen LogP contribution is -2.33. The van der Waals surface area contributed by atoms with Crippen molar-refractivity contribution in [2.24, 2.45) is 13.0 Å². The molecule has 22 heavy (non-hydrogen) atoms. The predicted octanol–water partition coefficient (Wildman–Crippen LogP) is 2.49. The van der Waals surface area contributed by atoms with Gasteiger partial charge in [0, 0.05) is 7.05 Å². The predicted molar refractivity (Wildman–Crippen MR) is 83.4 cm³/mol. The summed E-state index contributed by atoms with van der Waals surface area (Å²) in [7, 11) is 1.82. The van der Waals surface area contributed by atoms with Gasteiger partial charge in [-0.15, -0.1) is 0 Å². The van der Waals surface area contributed by atoms with Crippen LogP contribution >= 0.6 is 0 Å². The van der Waals surface area contributed by atoms with Crippen molar-refractivity contribution in [2.75, 3.05) is 5.32 Å². The summed E-state index contributed by atoms with van der Waals surface area (Å²) >= 11 is 0. The minimum Gasteiger partial charge on any atom is -0.452 e. The van der Waals surface area contributed by atoms with Crippen molar-refractivity contribution in [1.29, 1.82) is 0 Å². The van der Waals surface area contributed by atoms with E-state index in [2.05, 4.69) is 10.4 Å². The third-order valence-corrected chi connectivity index (χ3v) is 4.36. The molecule has 0 saturated heterocycles. The van der Waals surface area contributed by atoms with Gasteiger partial charge in [-0.05, 0) is 33.6 Å². The molecule has 0 unspecified atom stereocenters. The minimum absolute atomic E-state index is 0.0501. The second-order valence-electron chi connectivity index (χ2n) is 6.07. The number of nitrogens with one attached hydrogen (secondary N) is 1. The second kappa shape index (κ2) is 6.94. The average Bonchev–Trinajstić information content (AvgIpc) is 2.74. The van der Waals surface area contributed by atoms with Crippen LogP contribution in [0.15, 0.2) is 0 Å². The molecule has 0 aliphatic heterocycles. The molecule has 0 bridgehead atoms. The highest BCUT2D eigenvalue weighted by molar-refractivity contribution is 5.96. The Hall–Kier alpha value is -1.85. The Kier molecular flexibility index (Phi) is 5.21. The summed E-state index contributed by atoms with van der Waals surface area (Å²) in [5.74, 6) is -0.615. The van der Waals surface area contributed by atoms with Crippen LogP contribution in [-0.4, -0.2) is 27.8 Å². The van der Waals surface area contributed by atoms with Gasteiger partial charge in [0.15, 0.2) is 6.10 Å². The maximum absolute atomic E-state index is 12.2. The van der Waals surface area contributed by atoms with Crippen molar-refractivity contribution >= 4 is 17.6 Å². The molecule has 0 spiro atoms. The molecule has 1 aromatic rings. The molecule has 0 radical (unpaired) electrons. The molecule has 1 aliphatic carbocycles. The van der Waals surface area contributed by atoms with Gasteiger partial charge in [0.05, 0.1) is 23.0 Å². The number of nitrogens with zero attached hydrogens (tertiary/aromatic N) is 2. The monoisotopic (exact) mass is 307 g/mol.